The minimum atomic E-state index is -3.58. The van der Waals surface area contributed by atoms with Crippen molar-refractivity contribution in [1.29, 1.82) is 0 Å². The molecule has 1 fully saturated rings. The van der Waals surface area contributed by atoms with E-state index in [-0.39, 0.29) is 23.2 Å². The number of carbonyl (C=O) groups excluding carboxylic acids is 1. The second kappa shape index (κ2) is 9.48. The molecular weight excluding hydrogens is 378 g/mol. The molecule has 2 aliphatic rings. The van der Waals surface area contributed by atoms with Crippen molar-refractivity contribution in [3.63, 3.8) is 0 Å². The van der Waals surface area contributed by atoms with E-state index in [2.05, 4.69) is 10.0 Å². The maximum absolute atomic E-state index is 12.4. The standard InChI is InChI=1S/C17H23N3O4S.ClH/c21-17(20-9-11-24-12-10-20)15-1-3-16(4-2-15)25(22,23)19-13-14-5-7-18-8-6-14;/h1-5,18-19H,6-13H2;1H. The summed E-state index contributed by atoms with van der Waals surface area (Å²) in [6.45, 7) is 4.15. The lowest BCUT2D eigenvalue weighted by Crippen LogP contribution is -2.40. The summed E-state index contributed by atoms with van der Waals surface area (Å²) < 4.78 is 32.6. The molecule has 0 radical (unpaired) electrons. The largest absolute Gasteiger partial charge is 0.378 e. The smallest absolute Gasteiger partial charge is 0.254 e. The number of halogens is 1. The van der Waals surface area contributed by atoms with Crippen LogP contribution in [0, 0.1) is 0 Å². The maximum atomic E-state index is 12.4. The van der Waals surface area contributed by atoms with Crippen molar-refractivity contribution in [1.82, 2.24) is 14.9 Å². The molecule has 0 aromatic heterocycles. The van der Waals surface area contributed by atoms with Crippen LogP contribution in [0.2, 0.25) is 0 Å². The van der Waals surface area contributed by atoms with Crippen LogP contribution in [0.5, 0.6) is 0 Å². The highest BCUT2D eigenvalue weighted by Crippen LogP contribution is 2.14. The Bertz CT molecular complexity index is 744. The number of benzene rings is 1. The molecule has 2 aliphatic heterocycles. The molecule has 1 amide bonds. The molecule has 9 heteroatoms. The molecule has 26 heavy (non-hydrogen) atoms. The van der Waals surface area contributed by atoms with E-state index in [9.17, 15) is 13.2 Å². The summed E-state index contributed by atoms with van der Waals surface area (Å²) in [6, 6.07) is 6.09. The molecule has 0 atom stereocenters. The van der Waals surface area contributed by atoms with Crippen LogP contribution in [0.1, 0.15) is 16.8 Å². The van der Waals surface area contributed by atoms with Crippen LogP contribution in [-0.4, -0.2) is 65.2 Å². The van der Waals surface area contributed by atoms with Crippen molar-refractivity contribution in [2.45, 2.75) is 11.3 Å². The molecule has 0 unspecified atom stereocenters. The zero-order valence-corrected chi connectivity index (χ0v) is 16.1. The third-order valence-electron chi connectivity index (χ3n) is 4.36. The summed E-state index contributed by atoms with van der Waals surface area (Å²) in [5.41, 5.74) is 1.57. The van der Waals surface area contributed by atoms with Gasteiger partial charge in [0, 0.05) is 31.7 Å². The number of rotatable bonds is 5. The number of carbonyl (C=O) groups is 1. The fourth-order valence-electron chi connectivity index (χ4n) is 2.83. The molecule has 0 saturated carbocycles. The molecule has 1 aromatic rings. The van der Waals surface area contributed by atoms with Gasteiger partial charge in [-0.25, -0.2) is 13.1 Å². The van der Waals surface area contributed by atoms with Crippen LogP contribution in [0.3, 0.4) is 0 Å². The molecule has 7 nitrogen and oxygen atoms in total. The number of hydrogen-bond acceptors (Lipinski definition) is 5. The Morgan fingerprint density at radius 3 is 2.50 bits per heavy atom. The van der Waals surface area contributed by atoms with Gasteiger partial charge < -0.3 is 15.0 Å². The second-order valence-electron chi connectivity index (χ2n) is 6.07. The number of sulfonamides is 1. The van der Waals surface area contributed by atoms with Gasteiger partial charge in [0.05, 0.1) is 18.1 Å². The van der Waals surface area contributed by atoms with Crippen molar-refractivity contribution in [2.24, 2.45) is 0 Å². The third kappa shape index (κ3) is 5.28. The number of hydrogen-bond donors (Lipinski definition) is 2. The molecule has 0 aliphatic carbocycles. The van der Waals surface area contributed by atoms with Crippen molar-refractivity contribution in [3.05, 3.63) is 41.5 Å². The minimum absolute atomic E-state index is 0. The summed E-state index contributed by atoms with van der Waals surface area (Å²) in [6.07, 6.45) is 2.85. The third-order valence-corrected chi connectivity index (χ3v) is 5.77. The average molecular weight is 402 g/mol. The summed E-state index contributed by atoms with van der Waals surface area (Å²) in [7, 11) is -3.58. The van der Waals surface area contributed by atoms with Gasteiger partial charge in [-0.05, 0) is 37.2 Å². The van der Waals surface area contributed by atoms with Gasteiger partial charge in [-0.3, -0.25) is 4.79 Å². The van der Waals surface area contributed by atoms with Gasteiger partial charge in [0.25, 0.3) is 5.91 Å². The van der Waals surface area contributed by atoms with Crippen molar-refractivity contribution < 1.29 is 17.9 Å². The van der Waals surface area contributed by atoms with E-state index >= 15 is 0 Å². The number of nitrogens with one attached hydrogen (secondary N) is 2. The first-order valence-electron chi connectivity index (χ1n) is 8.42. The normalized spacial score (nSPS) is 18.0. The molecule has 0 spiro atoms. The van der Waals surface area contributed by atoms with Gasteiger partial charge in [-0.2, -0.15) is 0 Å². The van der Waals surface area contributed by atoms with Gasteiger partial charge in [0.2, 0.25) is 10.0 Å². The van der Waals surface area contributed by atoms with Gasteiger partial charge in [0.1, 0.15) is 0 Å². The van der Waals surface area contributed by atoms with Crippen LogP contribution < -0.4 is 10.0 Å². The highest BCUT2D eigenvalue weighted by atomic mass is 35.5. The van der Waals surface area contributed by atoms with E-state index < -0.39 is 10.0 Å². The molecule has 2 N–H and O–H groups in total. The van der Waals surface area contributed by atoms with Crippen LogP contribution in [0.4, 0.5) is 0 Å². The van der Waals surface area contributed by atoms with Gasteiger partial charge in [-0.15, -0.1) is 12.4 Å². The lowest BCUT2D eigenvalue weighted by atomic mass is 10.1. The minimum Gasteiger partial charge on any atom is -0.378 e. The molecule has 0 bridgehead atoms. The van der Waals surface area contributed by atoms with E-state index in [4.69, 9.17) is 4.74 Å². The summed E-state index contributed by atoms with van der Waals surface area (Å²) >= 11 is 0. The zero-order chi connectivity index (χ0) is 17.7. The Morgan fingerprint density at radius 1 is 1.19 bits per heavy atom. The van der Waals surface area contributed by atoms with E-state index in [1.54, 1.807) is 17.0 Å². The zero-order valence-electron chi connectivity index (χ0n) is 14.4. The van der Waals surface area contributed by atoms with Gasteiger partial charge >= 0.3 is 0 Å². The fourth-order valence-corrected chi connectivity index (χ4v) is 3.86. The van der Waals surface area contributed by atoms with E-state index in [1.165, 1.54) is 12.1 Å². The lowest BCUT2D eigenvalue weighted by Gasteiger charge is -2.26. The van der Waals surface area contributed by atoms with E-state index in [0.29, 0.717) is 38.4 Å². The first-order chi connectivity index (χ1) is 12.1. The van der Waals surface area contributed by atoms with Crippen molar-refractivity contribution in [3.8, 4) is 0 Å². The highest BCUT2D eigenvalue weighted by Gasteiger charge is 2.20. The Labute approximate surface area is 160 Å². The van der Waals surface area contributed by atoms with Gasteiger partial charge in [0.15, 0.2) is 0 Å². The molecule has 3 rings (SSSR count). The van der Waals surface area contributed by atoms with Crippen LogP contribution in [0.15, 0.2) is 40.8 Å². The Hall–Kier alpha value is -1.45. The quantitative estimate of drug-likeness (QED) is 0.712. The topological polar surface area (TPSA) is 87.7 Å². The Morgan fingerprint density at radius 2 is 1.88 bits per heavy atom. The van der Waals surface area contributed by atoms with Crippen LogP contribution >= 0.6 is 12.4 Å². The lowest BCUT2D eigenvalue weighted by molar-refractivity contribution is 0.0303. The second-order valence-corrected chi connectivity index (χ2v) is 7.84. The number of morpholine rings is 1. The van der Waals surface area contributed by atoms with E-state index in [1.807, 2.05) is 6.08 Å². The number of amides is 1. The SMILES string of the molecule is Cl.O=C(c1ccc(S(=O)(=O)NCC2=CCNCC2)cc1)N1CCOCC1. The monoisotopic (exact) mass is 401 g/mol. The predicted molar refractivity (Wildman–Crippen MR) is 101 cm³/mol. The Kier molecular flexibility index (Phi) is 7.60. The fraction of sp³-hybridized carbons (Fsp3) is 0.471. The van der Waals surface area contributed by atoms with Crippen LogP contribution in [-0.2, 0) is 14.8 Å². The number of ether oxygens (including phenoxy) is 1. The molecule has 1 aromatic carbocycles. The first kappa shape index (κ1) is 20.9. The van der Waals surface area contributed by atoms with Crippen molar-refractivity contribution in [2.75, 3.05) is 45.9 Å². The van der Waals surface area contributed by atoms with Crippen LogP contribution in [0.25, 0.3) is 0 Å². The molecular formula is C17H24ClN3O4S. The van der Waals surface area contributed by atoms with Gasteiger partial charge in [-0.1, -0.05) is 11.6 Å². The predicted octanol–water partition coefficient (Wildman–Crippen LogP) is 0.779. The van der Waals surface area contributed by atoms with Crippen molar-refractivity contribution >= 4 is 28.3 Å². The first-order valence-corrected chi connectivity index (χ1v) is 9.90. The van der Waals surface area contributed by atoms with E-state index in [0.717, 1.165) is 25.1 Å². The summed E-state index contributed by atoms with van der Waals surface area (Å²) in [5, 5.41) is 3.19. The Balaban J connectivity index is 0.00000243. The average Bonchev–Trinajstić information content (AvgIpc) is 2.67. The highest BCUT2D eigenvalue weighted by molar-refractivity contribution is 7.89. The molecule has 144 valence electrons. The molecule has 2 heterocycles. The molecule has 1 saturated heterocycles. The maximum Gasteiger partial charge on any atom is 0.254 e. The summed E-state index contributed by atoms with van der Waals surface area (Å²) in [5.74, 6) is -0.0972. The summed E-state index contributed by atoms with van der Waals surface area (Å²) in [4.78, 5) is 14.3. The number of nitrogens with zero attached hydrogens (tertiary/aromatic N) is 1.